The first-order valence-electron chi connectivity index (χ1n) is 2.97. The zero-order valence-electron chi connectivity index (χ0n) is 5.76. The molecule has 0 fully saturated rings. The van der Waals surface area contributed by atoms with Crippen molar-refractivity contribution in [3.8, 4) is 0 Å². The summed E-state index contributed by atoms with van der Waals surface area (Å²) in [6.45, 7) is 1.68. The van der Waals surface area contributed by atoms with Crippen LogP contribution >= 0.6 is 0 Å². The molecule has 0 saturated carbocycles. The molecule has 1 unspecified atom stereocenters. The number of amides is 1. The van der Waals surface area contributed by atoms with Crippen LogP contribution in [0.4, 0.5) is 0 Å². The molecule has 0 bridgehead atoms. The van der Waals surface area contributed by atoms with Crippen LogP contribution in [0.2, 0.25) is 0 Å². The zero-order chi connectivity index (χ0) is 7.98. The number of nitrogens with one attached hydrogen (secondary N) is 1. The van der Waals surface area contributed by atoms with E-state index < -0.39 is 6.10 Å². The Bertz CT molecular complexity index is 124. The summed E-state index contributed by atoms with van der Waals surface area (Å²) in [5.41, 5.74) is 0. The van der Waals surface area contributed by atoms with Gasteiger partial charge in [0.25, 0.3) is 0 Å². The second-order valence-electron chi connectivity index (χ2n) is 1.91. The highest BCUT2D eigenvalue weighted by Crippen LogP contribution is 1.83. The summed E-state index contributed by atoms with van der Waals surface area (Å²) in [5.74, 6) is -0.168. The maximum absolute atomic E-state index is 10.2. The van der Waals surface area contributed by atoms with E-state index in [1.54, 1.807) is 0 Å². The highest BCUT2D eigenvalue weighted by molar-refractivity contribution is 5.72. The minimum Gasteiger partial charge on any atom is -0.385 e. The quantitative estimate of drug-likeness (QED) is 0.531. The van der Waals surface area contributed by atoms with Gasteiger partial charge in [0.05, 0.1) is 0 Å². The van der Waals surface area contributed by atoms with Crippen LogP contribution in [0.1, 0.15) is 13.3 Å². The predicted octanol–water partition coefficient (Wildman–Crippen LogP) is -1.02. The summed E-state index contributed by atoms with van der Waals surface area (Å²) in [4.78, 5) is 19.9. The Morgan fingerprint density at radius 2 is 2.40 bits per heavy atom. The number of aliphatic hydroxyl groups is 1. The molecule has 10 heavy (non-hydrogen) atoms. The standard InChI is InChI=1S/C6H10NO3/c1-5(9)7-3-2-6(10)4-8/h6,10H,2-3H2,1H3,(H,7,9). The number of rotatable bonds is 4. The van der Waals surface area contributed by atoms with Gasteiger partial charge in [-0.05, 0) is 6.42 Å². The van der Waals surface area contributed by atoms with Crippen molar-refractivity contribution in [2.75, 3.05) is 6.54 Å². The largest absolute Gasteiger partial charge is 0.385 e. The summed E-state index contributed by atoms with van der Waals surface area (Å²) in [5, 5.41) is 11.0. The van der Waals surface area contributed by atoms with E-state index in [1.165, 1.54) is 13.2 Å². The van der Waals surface area contributed by atoms with Crippen LogP contribution in [-0.4, -0.2) is 29.9 Å². The Labute approximate surface area is 59.2 Å². The molecule has 0 rings (SSSR count). The zero-order valence-corrected chi connectivity index (χ0v) is 5.76. The van der Waals surface area contributed by atoms with Crippen LogP contribution in [0.3, 0.4) is 0 Å². The van der Waals surface area contributed by atoms with Crippen molar-refractivity contribution >= 4 is 12.2 Å². The molecule has 0 heterocycles. The van der Waals surface area contributed by atoms with E-state index in [4.69, 9.17) is 5.11 Å². The molecule has 0 aromatic carbocycles. The van der Waals surface area contributed by atoms with Crippen LogP contribution in [0.15, 0.2) is 0 Å². The lowest BCUT2D eigenvalue weighted by Crippen LogP contribution is -2.24. The maximum atomic E-state index is 10.2. The smallest absolute Gasteiger partial charge is 0.229 e. The number of hydrogen-bond donors (Lipinski definition) is 2. The van der Waals surface area contributed by atoms with Gasteiger partial charge in [-0.15, -0.1) is 0 Å². The van der Waals surface area contributed by atoms with Crippen molar-refractivity contribution in [1.82, 2.24) is 5.32 Å². The lowest BCUT2D eigenvalue weighted by Gasteiger charge is -2.01. The average molecular weight is 144 g/mol. The fraction of sp³-hybridized carbons (Fsp3) is 0.667. The molecule has 0 aliphatic carbocycles. The van der Waals surface area contributed by atoms with E-state index in [2.05, 4.69) is 5.32 Å². The van der Waals surface area contributed by atoms with Gasteiger partial charge in [-0.1, -0.05) is 0 Å². The molecule has 0 spiro atoms. The molecule has 0 aromatic rings. The van der Waals surface area contributed by atoms with E-state index in [0.29, 0.717) is 6.54 Å². The lowest BCUT2D eigenvalue weighted by molar-refractivity contribution is -0.119. The minimum atomic E-state index is -1.08. The molecule has 0 saturated heterocycles. The first-order chi connectivity index (χ1) is 4.66. The first kappa shape index (κ1) is 9.10. The van der Waals surface area contributed by atoms with Gasteiger partial charge >= 0.3 is 0 Å². The second-order valence-corrected chi connectivity index (χ2v) is 1.91. The molecule has 4 nitrogen and oxygen atoms in total. The summed E-state index contributed by atoms with van der Waals surface area (Å²) >= 11 is 0. The van der Waals surface area contributed by atoms with Crippen molar-refractivity contribution in [3.63, 3.8) is 0 Å². The van der Waals surface area contributed by atoms with Gasteiger partial charge in [-0.25, -0.2) is 0 Å². The molecule has 1 amide bonds. The summed E-state index contributed by atoms with van der Waals surface area (Å²) in [6, 6.07) is 0. The Morgan fingerprint density at radius 3 is 2.80 bits per heavy atom. The second kappa shape index (κ2) is 4.93. The van der Waals surface area contributed by atoms with Crippen molar-refractivity contribution in [1.29, 1.82) is 0 Å². The molecule has 1 atom stereocenters. The van der Waals surface area contributed by atoms with Crippen LogP contribution in [0.25, 0.3) is 0 Å². The van der Waals surface area contributed by atoms with Crippen molar-refractivity contribution in [3.05, 3.63) is 0 Å². The third-order valence-electron chi connectivity index (χ3n) is 0.928. The Kier molecular flexibility index (Phi) is 4.49. The summed E-state index contributed by atoms with van der Waals surface area (Å²) < 4.78 is 0. The Morgan fingerprint density at radius 1 is 1.80 bits per heavy atom. The third-order valence-corrected chi connectivity index (χ3v) is 0.928. The van der Waals surface area contributed by atoms with Crippen molar-refractivity contribution in [2.45, 2.75) is 19.4 Å². The van der Waals surface area contributed by atoms with Gasteiger partial charge in [0.15, 0.2) is 0 Å². The molecular weight excluding hydrogens is 134 g/mol. The monoisotopic (exact) mass is 144 g/mol. The van der Waals surface area contributed by atoms with Gasteiger partial charge in [-0.2, -0.15) is 0 Å². The minimum absolute atomic E-state index is 0.168. The highest BCUT2D eigenvalue weighted by atomic mass is 16.3. The van der Waals surface area contributed by atoms with Crippen molar-refractivity contribution in [2.24, 2.45) is 0 Å². The fourth-order valence-electron chi connectivity index (χ4n) is 0.444. The SMILES string of the molecule is CC(=O)NCCC(O)[C]=O. The number of carbonyl (C=O) groups excluding carboxylic acids is 2. The maximum Gasteiger partial charge on any atom is 0.229 e. The van der Waals surface area contributed by atoms with Crippen molar-refractivity contribution < 1.29 is 14.7 Å². The van der Waals surface area contributed by atoms with Gasteiger partial charge in [-0.3, -0.25) is 9.59 Å². The normalized spacial score (nSPS) is 12.2. The highest BCUT2D eigenvalue weighted by Gasteiger charge is 2.01. The average Bonchev–Trinajstić information content (AvgIpc) is 1.87. The molecule has 4 heteroatoms. The molecule has 0 aromatic heterocycles. The fourth-order valence-corrected chi connectivity index (χ4v) is 0.444. The van der Waals surface area contributed by atoms with Gasteiger partial charge in [0.1, 0.15) is 6.10 Å². The van der Waals surface area contributed by atoms with Gasteiger partial charge < -0.3 is 10.4 Å². The molecular formula is C6H10NO3. The van der Waals surface area contributed by atoms with E-state index in [-0.39, 0.29) is 12.3 Å². The predicted molar refractivity (Wildman–Crippen MR) is 35.0 cm³/mol. The Balaban J connectivity index is 3.19. The molecule has 1 radical (unpaired) electrons. The first-order valence-corrected chi connectivity index (χ1v) is 2.97. The third kappa shape index (κ3) is 5.24. The van der Waals surface area contributed by atoms with Crippen LogP contribution < -0.4 is 5.32 Å². The molecule has 0 aliphatic rings. The molecule has 2 N–H and O–H groups in total. The number of hydrogen-bond acceptors (Lipinski definition) is 3. The summed E-state index contributed by atoms with van der Waals surface area (Å²) in [7, 11) is 0. The Hall–Kier alpha value is -0.900. The van der Waals surface area contributed by atoms with Crippen LogP contribution in [0.5, 0.6) is 0 Å². The van der Waals surface area contributed by atoms with E-state index in [1.807, 2.05) is 0 Å². The van der Waals surface area contributed by atoms with Gasteiger partial charge in [0.2, 0.25) is 12.2 Å². The van der Waals surface area contributed by atoms with Crippen LogP contribution in [0, 0.1) is 0 Å². The molecule has 0 aliphatic heterocycles. The molecule has 57 valence electrons. The van der Waals surface area contributed by atoms with E-state index >= 15 is 0 Å². The van der Waals surface area contributed by atoms with Crippen LogP contribution in [-0.2, 0) is 9.59 Å². The van der Waals surface area contributed by atoms with E-state index in [9.17, 15) is 9.59 Å². The topological polar surface area (TPSA) is 66.4 Å². The number of carbonyl (C=O) groups is 1. The number of aliphatic hydroxyl groups excluding tert-OH is 1. The lowest BCUT2D eigenvalue weighted by atomic mass is 10.3. The summed E-state index contributed by atoms with van der Waals surface area (Å²) in [6.07, 6.45) is 0.541. The van der Waals surface area contributed by atoms with E-state index in [0.717, 1.165) is 0 Å². The van der Waals surface area contributed by atoms with Gasteiger partial charge in [0, 0.05) is 13.5 Å².